The van der Waals surface area contributed by atoms with Gasteiger partial charge in [-0.1, -0.05) is 313 Å². The van der Waals surface area contributed by atoms with Crippen molar-refractivity contribution in [2.45, 2.75) is 365 Å². The van der Waals surface area contributed by atoms with Crippen LogP contribution in [0.15, 0.2) is 48.6 Å². The van der Waals surface area contributed by atoms with Crippen molar-refractivity contribution < 1.29 is 39.8 Å². The number of aliphatic hydroxyl groups is 5. The molecule has 9 nitrogen and oxygen atoms in total. The van der Waals surface area contributed by atoms with Crippen LogP contribution in [0.3, 0.4) is 0 Å². The van der Waals surface area contributed by atoms with Gasteiger partial charge in [-0.15, -0.1) is 0 Å². The minimum atomic E-state index is -1.55. The summed E-state index contributed by atoms with van der Waals surface area (Å²) in [6.07, 6.45) is 70.2. The van der Waals surface area contributed by atoms with Gasteiger partial charge < -0.3 is 40.3 Å². The first kappa shape index (κ1) is 73.2. The summed E-state index contributed by atoms with van der Waals surface area (Å²) in [6.45, 7) is 3.77. The summed E-state index contributed by atoms with van der Waals surface area (Å²) in [5, 5.41) is 54.9. The molecule has 0 spiro atoms. The van der Waals surface area contributed by atoms with Crippen LogP contribution in [0.5, 0.6) is 0 Å². The van der Waals surface area contributed by atoms with E-state index >= 15 is 0 Å². The zero-order chi connectivity index (χ0) is 55.8. The average Bonchev–Trinajstić information content (AvgIpc) is 3.43. The number of ether oxygens (including phenoxy) is 2. The van der Waals surface area contributed by atoms with Crippen molar-refractivity contribution in [3.05, 3.63) is 48.6 Å². The van der Waals surface area contributed by atoms with Gasteiger partial charge in [0, 0.05) is 6.42 Å². The van der Waals surface area contributed by atoms with Crippen molar-refractivity contribution in [3.8, 4) is 0 Å². The van der Waals surface area contributed by atoms with Gasteiger partial charge in [0.15, 0.2) is 6.29 Å². The Bertz CT molecular complexity index is 1350. The molecule has 0 aliphatic carbocycles. The Balaban J connectivity index is 2.13. The largest absolute Gasteiger partial charge is 0.394 e. The van der Waals surface area contributed by atoms with Crippen molar-refractivity contribution in [3.63, 3.8) is 0 Å². The normalized spacial score (nSPS) is 19.0. The molecule has 77 heavy (non-hydrogen) atoms. The number of carbonyl (C=O) groups excluding carboxylic acids is 1. The van der Waals surface area contributed by atoms with Gasteiger partial charge in [-0.3, -0.25) is 4.79 Å². The third kappa shape index (κ3) is 46.5. The molecule has 0 aromatic carbocycles. The van der Waals surface area contributed by atoms with Crippen LogP contribution < -0.4 is 5.32 Å². The molecule has 9 heteroatoms. The third-order valence-electron chi connectivity index (χ3n) is 15.9. The van der Waals surface area contributed by atoms with E-state index in [4.69, 9.17) is 9.47 Å². The van der Waals surface area contributed by atoms with Crippen LogP contribution in [0.2, 0.25) is 0 Å². The van der Waals surface area contributed by atoms with E-state index in [0.29, 0.717) is 12.8 Å². The van der Waals surface area contributed by atoms with Gasteiger partial charge in [-0.25, -0.2) is 0 Å². The Morgan fingerprint density at radius 3 is 1.19 bits per heavy atom. The molecule has 6 N–H and O–H groups in total. The van der Waals surface area contributed by atoms with Crippen LogP contribution in [0, 0.1) is 0 Å². The summed E-state index contributed by atoms with van der Waals surface area (Å²) < 4.78 is 11.4. The highest BCUT2D eigenvalue weighted by Gasteiger charge is 2.44. The van der Waals surface area contributed by atoms with Crippen LogP contribution >= 0.6 is 0 Å². The Labute approximate surface area is 475 Å². The van der Waals surface area contributed by atoms with E-state index < -0.39 is 49.5 Å². The molecule has 1 rings (SSSR count). The van der Waals surface area contributed by atoms with Gasteiger partial charge in [-0.05, 0) is 51.4 Å². The molecule has 0 aromatic heterocycles. The van der Waals surface area contributed by atoms with E-state index in [1.807, 2.05) is 0 Å². The van der Waals surface area contributed by atoms with Gasteiger partial charge in [0.25, 0.3) is 0 Å². The fourth-order valence-electron chi connectivity index (χ4n) is 10.7. The molecule has 1 aliphatic rings. The minimum absolute atomic E-state index is 0.137. The number of allylic oxidation sites excluding steroid dienone is 8. The highest BCUT2D eigenvalue weighted by Crippen LogP contribution is 2.24. The molecule has 1 heterocycles. The molecule has 1 aliphatic heterocycles. The zero-order valence-corrected chi connectivity index (χ0v) is 50.5. The van der Waals surface area contributed by atoms with Crippen LogP contribution in [0.4, 0.5) is 0 Å². The lowest BCUT2D eigenvalue weighted by Gasteiger charge is -2.40. The molecular weight excluding hydrogens is 959 g/mol. The maximum atomic E-state index is 13.1. The highest BCUT2D eigenvalue weighted by molar-refractivity contribution is 5.76. The van der Waals surface area contributed by atoms with Gasteiger partial charge in [0.1, 0.15) is 24.4 Å². The van der Waals surface area contributed by atoms with Gasteiger partial charge in [0.05, 0.1) is 25.4 Å². The van der Waals surface area contributed by atoms with Crippen molar-refractivity contribution in [1.82, 2.24) is 5.32 Å². The van der Waals surface area contributed by atoms with E-state index in [9.17, 15) is 30.3 Å². The molecule has 0 aromatic rings. The number of hydrogen-bond donors (Lipinski definition) is 6. The zero-order valence-electron chi connectivity index (χ0n) is 50.5. The molecule has 1 fully saturated rings. The van der Waals surface area contributed by atoms with Crippen molar-refractivity contribution >= 4 is 5.91 Å². The van der Waals surface area contributed by atoms with Gasteiger partial charge in [0.2, 0.25) is 5.91 Å². The summed E-state index contributed by atoms with van der Waals surface area (Å²) in [4.78, 5) is 13.1. The number of unbranched alkanes of at least 4 members (excludes halogenated alkanes) is 40. The number of rotatable bonds is 58. The van der Waals surface area contributed by atoms with Gasteiger partial charge in [-0.2, -0.15) is 0 Å². The van der Waals surface area contributed by atoms with E-state index in [1.54, 1.807) is 0 Å². The molecule has 1 amide bonds. The fourth-order valence-corrected chi connectivity index (χ4v) is 10.7. The Morgan fingerprint density at radius 1 is 0.455 bits per heavy atom. The standard InChI is InChI=1S/C68H127NO8/c1-3-5-7-9-11-13-15-17-19-21-23-25-27-29-31-33-35-37-39-41-43-45-47-49-51-53-55-57-62(71)61(60-76-68-67(75)66(74)65(73)63(59-70)77-68)69-64(72)58-56-54-52-50-48-46-44-42-40-38-36-34-32-30-28-26-24-22-20-18-16-14-12-10-8-6-4-2/h6,8,12,14,18,20,24,26,61-63,65-68,70-71,73-75H,3-5,7,9-11,13,15-17,19,21-23,25,27-60H2,1-2H3,(H,69,72)/b8-6-,14-12-,20-18-,26-24-. The van der Waals surface area contributed by atoms with Crippen LogP contribution in [-0.2, 0) is 14.3 Å². The topological polar surface area (TPSA) is 149 Å². The molecule has 0 bridgehead atoms. The third-order valence-corrected chi connectivity index (χ3v) is 15.9. The predicted molar refractivity (Wildman–Crippen MR) is 327 cm³/mol. The van der Waals surface area contributed by atoms with E-state index in [1.165, 1.54) is 231 Å². The number of hydrogen-bond acceptors (Lipinski definition) is 8. The molecule has 7 unspecified atom stereocenters. The number of amides is 1. The predicted octanol–water partition coefficient (Wildman–Crippen LogP) is 17.6. The van der Waals surface area contributed by atoms with Crippen molar-refractivity contribution in [1.29, 1.82) is 0 Å². The summed E-state index contributed by atoms with van der Waals surface area (Å²) in [5.74, 6) is -0.141. The molecule has 1 saturated heterocycles. The second kappa shape index (κ2) is 57.4. The summed E-state index contributed by atoms with van der Waals surface area (Å²) >= 11 is 0. The Hall–Kier alpha value is -1.85. The number of nitrogens with one attached hydrogen (secondary N) is 1. The lowest BCUT2D eigenvalue weighted by molar-refractivity contribution is -0.302. The first-order valence-electron chi connectivity index (χ1n) is 33.3. The Morgan fingerprint density at radius 2 is 0.805 bits per heavy atom. The summed E-state index contributed by atoms with van der Waals surface area (Å²) in [5.41, 5.74) is 0. The second-order valence-electron chi connectivity index (χ2n) is 23.2. The smallest absolute Gasteiger partial charge is 0.220 e. The van der Waals surface area contributed by atoms with Crippen LogP contribution in [0.25, 0.3) is 0 Å². The van der Waals surface area contributed by atoms with Crippen LogP contribution in [-0.4, -0.2) is 87.5 Å². The SMILES string of the molecule is CC/C=C\C/C=C\C/C=C\C/C=C\CCCCCCCCCCCCCCCCC(=O)NC(COC1OC(CO)C(O)C(O)C1O)C(O)CCCCCCCCCCCCCCCCCCCCCCCCCCCCC. The maximum Gasteiger partial charge on any atom is 0.220 e. The average molecular weight is 1090 g/mol. The fraction of sp³-hybridized carbons (Fsp3) is 0.868. The molecule has 0 radical (unpaired) electrons. The first-order valence-corrected chi connectivity index (χ1v) is 33.3. The molecule has 7 atom stereocenters. The van der Waals surface area contributed by atoms with Crippen molar-refractivity contribution in [2.75, 3.05) is 13.2 Å². The van der Waals surface area contributed by atoms with E-state index in [-0.39, 0.29) is 12.5 Å². The first-order chi connectivity index (χ1) is 37.8. The maximum absolute atomic E-state index is 13.1. The van der Waals surface area contributed by atoms with E-state index in [2.05, 4.69) is 67.8 Å². The number of aliphatic hydroxyl groups excluding tert-OH is 5. The minimum Gasteiger partial charge on any atom is -0.394 e. The monoisotopic (exact) mass is 1090 g/mol. The quantitative estimate of drug-likeness (QED) is 0.0261. The van der Waals surface area contributed by atoms with Gasteiger partial charge >= 0.3 is 0 Å². The lowest BCUT2D eigenvalue weighted by Crippen LogP contribution is -2.60. The lowest BCUT2D eigenvalue weighted by atomic mass is 9.99. The molecule has 0 saturated carbocycles. The van der Waals surface area contributed by atoms with Crippen molar-refractivity contribution in [2.24, 2.45) is 0 Å². The number of carbonyl (C=O) groups is 1. The van der Waals surface area contributed by atoms with Crippen LogP contribution in [0.1, 0.15) is 322 Å². The summed E-state index contributed by atoms with van der Waals surface area (Å²) in [6, 6.07) is -0.722. The Kier molecular flexibility index (Phi) is 54.5. The second-order valence-corrected chi connectivity index (χ2v) is 23.2. The highest BCUT2D eigenvalue weighted by atomic mass is 16.7. The van der Waals surface area contributed by atoms with E-state index in [0.717, 1.165) is 64.2 Å². The molecule has 452 valence electrons. The summed E-state index contributed by atoms with van der Waals surface area (Å²) in [7, 11) is 0. The molecular formula is C68H127NO8.